The summed E-state index contributed by atoms with van der Waals surface area (Å²) in [6, 6.07) is -1.44. The van der Waals surface area contributed by atoms with E-state index in [9.17, 15) is 34.2 Å². The number of carboxylic acids is 2. The van der Waals surface area contributed by atoms with Crippen molar-refractivity contribution in [1.29, 1.82) is 0 Å². The van der Waals surface area contributed by atoms with E-state index >= 15 is 0 Å². The average Bonchev–Trinajstić information content (AvgIpc) is 3.62. The van der Waals surface area contributed by atoms with Gasteiger partial charge in [-0.05, 0) is 38.5 Å². The lowest BCUT2D eigenvalue weighted by atomic mass is 10.1. The summed E-state index contributed by atoms with van der Waals surface area (Å²) in [6.07, 6.45) is 5.29. The summed E-state index contributed by atoms with van der Waals surface area (Å²) in [5.74, 6) is -0.902. The third-order valence-corrected chi connectivity index (χ3v) is 13.0. The summed E-state index contributed by atoms with van der Waals surface area (Å²) >= 11 is 0. The Morgan fingerprint density at radius 1 is 0.800 bits per heavy atom. The molecule has 40 heavy (non-hydrogen) atoms. The Morgan fingerprint density at radius 2 is 1.30 bits per heavy atom. The molecule has 2 amide bonds. The van der Waals surface area contributed by atoms with E-state index in [4.69, 9.17) is 4.74 Å². The van der Waals surface area contributed by atoms with Gasteiger partial charge in [-0.25, -0.2) is 9.59 Å². The number of likely N-dealkylation sites (tertiary alicyclic amines) is 2. The SMILES string of the molecule is COC(=O)CCCCC(CSSCC(C)C(=O)N1CCCC1C(=O)O)SSCC(C)C(=O)N1CCCC1C(=O)O. The largest absolute Gasteiger partial charge is 0.480 e. The van der Waals surface area contributed by atoms with Crippen LogP contribution in [0.1, 0.15) is 65.2 Å². The lowest BCUT2D eigenvalue weighted by Gasteiger charge is -2.25. The molecule has 2 aliphatic heterocycles. The molecule has 2 aliphatic rings. The van der Waals surface area contributed by atoms with Gasteiger partial charge in [0, 0.05) is 53.9 Å². The van der Waals surface area contributed by atoms with E-state index in [-0.39, 0.29) is 34.9 Å². The minimum Gasteiger partial charge on any atom is -0.480 e. The molecule has 0 bridgehead atoms. The van der Waals surface area contributed by atoms with Gasteiger partial charge in [0.05, 0.1) is 7.11 Å². The first kappa shape index (κ1) is 34.9. The molecule has 2 rings (SSSR count). The maximum atomic E-state index is 12.8. The van der Waals surface area contributed by atoms with E-state index in [1.165, 1.54) is 16.9 Å². The first-order valence-corrected chi connectivity index (χ1v) is 18.6. The highest BCUT2D eigenvalue weighted by molar-refractivity contribution is 8.78. The van der Waals surface area contributed by atoms with Gasteiger partial charge in [-0.1, -0.05) is 63.4 Å². The minimum atomic E-state index is -0.945. The fraction of sp³-hybridized carbons (Fsp3) is 0.808. The van der Waals surface area contributed by atoms with Crippen LogP contribution in [0.2, 0.25) is 0 Å². The lowest BCUT2D eigenvalue weighted by molar-refractivity contribution is -0.149. The molecule has 2 fully saturated rings. The highest BCUT2D eigenvalue weighted by atomic mass is 33.1. The topological polar surface area (TPSA) is 142 Å². The zero-order valence-electron chi connectivity index (χ0n) is 23.5. The number of nitrogens with zero attached hydrogens (tertiary/aromatic N) is 2. The van der Waals surface area contributed by atoms with Crippen molar-refractivity contribution in [3.8, 4) is 0 Å². The van der Waals surface area contributed by atoms with Crippen molar-refractivity contribution < 1.29 is 38.9 Å². The zero-order chi connectivity index (χ0) is 29.7. The zero-order valence-corrected chi connectivity index (χ0v) is 26.7. The van der Waals surface area contributed by atoms with Gasteiger partial charge in [0.1, 0.15) is 12.1 Å². The van der Waals surface area contributed by atoms with Crippen LogP contribution in [0.5, 0.6) is 0 Å². The van der Waals surface area contributed by atoms with Gasteiger partial charge >= 0.3 is 17.9 Å². The molecular weight excluding hydrogens is 597 g/mol. The normalized spacial score (nSPS) is 21.2. The third kappa shape index (κ3) is 11.2. The number of carbonyl (C=O) groups is 5. The number of aliphatic carboxylic acids is 2. The molecule has 2 heterocycles. The second-order valence-corrected chi connectivity index (χ2v) is 15.5. The van der Waals surface area contributed by atoms with Crippen molar-refractivity contribution in [3.63, 3.8) is 0 Å². The summed E-state index contributed by atoms with van der Waals surface area (Å²) in [7, 11) is 7.99. The Hall–Kier alpha value is -1.25. The highest BCUT2D eigenvalue weighted by Crippen LogP contribution is 2.37. The van der Waals surface area contributed by atoms with Crippen LogP contribution in [0.25, 0.3) is 0 Å². The van der Waals surface area contributed by atoms with E-state index < -0.39 is 24.0 Å². The summed E-state index contributed by atoms with van der Waals surface area (Å²) in [5, 5.41) is 19.0. The molecule has 2 saturated heterocycles. The lowest BCUT2D eigenvalue weighted by Crippen LogP contribution is -2.43. The maximum absolute atomic E-state index is 12.8. The number of ether oxygens (including phenoxy) is 1. The maximum Gasteiger partial charge on any atom is 0.326 e. The van der Waals surface area contributed by atoms with Gasteiger partial charge in [-0.3, -0.25) is 14.4 Å². The Morgan fingerprint density at radius 3 is 1.80 bits per heavy atom. The van der Waals surface area contributed by atoms with Crippen LogP contribution >= 0.6 is 43.2 Å². The van der Waals surface area contributed by atoms with Gasteiger partial charge < -0.3 is 24.7 Å². The van der Waals surface area contributed by atoms with Crippen molar-refractivity contribution in [2.45, 2.75) is 82.5 Å². The number of rotatable bonds is 18. The predicted octanol–water partition coefficient (Wildman–Crippen LogP) is 4.27. The smallest absolute Gasteiger partial charge is 0.326 e. The van der Waals surface area contributed by atoms with E-state index in [0.717, 1.165) is 25.0 Å². The third-order valence-electron chi connectivity index (χ3n) is 7.05. The second-order valence-electron chi connectivity index (χ2n) is 10.3. The molecule has 0 aromatic heterocycles. The summed E-state index contributed by atoms with van der Waals surface area (Å²) in [4.78, 5) is 63.0. The van der Waals surface area contributed by atoms with E-state index in [1.54, 1.807) is 43.2 Å². The summed E-state index contributed by atoms with van der Waals surface area (Å²) in [6.45, 7) is 4.67. The van der Waals surface area contributed by atoms with Crippen molar-refractivity contribution in [1.82, 2.24) is 9.80 Å². The standard InChI is InChI=1S/C26H42N2O8S4/c1-17(23(30)27-12-6-9-20(27)25(32)33)14-37-38-16-19(8-4-5-11-22(29)36-3)40-39-15-18(2)24(31)28-13-7-10-21(28)26(34)35/h17-21H,4-16H2,1-3H3,(H,32,33)(H,34,35). The first-order valence-electron chi connectivity index (χ1n) is 13.7. The fourth-order valence-electron chi connectivity index (χ4n) is 4.70. The molecule has 0 spiro atoms. The van der Waals surface area contributed by atoms with Crippen LogP contribution < -0.4 is 0 Å². The molecule has 0 aromatic rings. The average molecular weight is 639 g/mol. The van der Waals surface area contributed by atoms with Crippen LogP contribution in [-0.4, -0.2) is 105 Å². The molecule has 228 valence electrons. The molecule has 0 saturated carbocycles. The van der Waals surface area contributed by atoms with Gasteiger partial charge in [0.15, 0.2) is 0 Å². The Balaban J connectivity index is 1.80. The monoisotopic (exact) mass is 638 g/mol. The van der Waals surface area contributed by atoms with Gasteiger partial charge in [-0.15, -0.1) is 0 Å². The molecule has 10 nitrogen and oxygen atoms in total. The predicted molar refractivity (Wildman–Crippen MR) is 162 cm³/mol. The molecule has 0 aliphatic carbocycles. The number of hydrogen-bond acceptors (Lipinski definition) is 10. The number of carbonyl (C=O) groups excluding carboxylic acids is 3. The number of amides is 2. The Labute approximate surface area is 252 Å². The molecule has 0 radical (unpaired) electrons. The second kappa shape index (κ2) is 18.3. The molecule has 5 atom stereocenters. The van der Waals surface area contributed by atoms with Crippen molar-refractivity contribution >= 4 is 72.9 Å². The van der Waals surface area contributed by atoms with Crippen molar-refractivity contribution in [2.24, 2.45) is 11.8 Å². The minimum absolute atomic E-state index is 0.107. The Bertz CT molecular complexity index is 880. The van der Waals surface area contributed by atoms with Crippen molar-refractivity contribution in [2.75, 3.05) is 37.5 Å². The quantitative estimate of drug-likeness (QED) is 0.126. The molecule has 0 aromatic carbocycles. The molecule has 14 heteroatoms. The number of unbranched alkanes of at least 4 members (excludes halogenated alkanes) is 1. The van der Waals surface area contributed by atoms with Gasteiger partial charge in [-0.2, -0.15) is 0 Å². The van der Waals surface area contributed by atoms with Gasteiger partial charge in [0.25, 0.3) is 0 Å². The van der Waals surface area contributed by atoms with Crippen LogP contribution in [0, 0.1) is 11.8 Å². The molecule has 5 unspecified atom stereocenters. The fourth-order valence-corrected chi connectivity index (χ4v) is 11.0. The summed E-state index contributed by atoms with van der Waals surface area (Å²) < 4.78 is 4.72. The van der Waals surface area contributed by atoms with E-state index in [2.05, 4.69) is 0 Å². The number of hydrogen-bond donors (Lipinski definition) is 2. The van der Waals surface area contributed by atoms with Crippen LogP contribution in [0.3, 0.4) is 0 Å². The molecule has 2 N–H and O–H groups in total. The number of carboxylic acid groups (broad SMARTS) is 2. The Kier molecular flexibility index (Phi) is 16.0. The number of esters is 1. The highest BCUT2D eigenvalue weighted by Gasteiger charge is 2.37. The van der Waals surface area contributed by atoms with Crippen LogP contribution in [0.15, 0.2) is 0 Å². The van der Waals surface area contributed by atoms with Crippen LogP contribution in [0.4, 0.5) is 0 Å². The van der Waals surface area contributed by atoms with Crippen molar-refractivity contribution in [3.05, 3.63) is 0 Å². The van der Waals surface area contributed by atoms with Crippen LogP contribution in [-0.2, 0) is 28.7 Å². The van der Waals surface area contributed by atoms with Gasteiger partial charge in [0.2, 0.25) is 11.8 Å². The first-order chi connectivity index (χ1) is 19.1. The van der Waals surface area contributed by atoms with E-state index in [1.807, 2.05) is 13.8 Å². The number of methoxy groups -OCH3 is 1. The summed E-state index contributed by atoms with van der Waals surface area (Å²) in [5.41, 5.74) is 0. The molecular formula is C26H42N2O8S4. The van der Waals surface area contributed by atoms with E-state index in [0.29, 0.717) is 56.7 Å².